The molecule has 0 aliphatic heterocycles. The minimum absolute atomic E-state index is 0.114. The van der Waals surface area contributed by atoms with E-state index in [4.69, 9.17) is 4.74 Å². The summed E-state index contributed by atoms with van der Waals surface area (Å²) in [4.78, 5) is 0. The van der Waals surface area contributed by atoms with E-state index in [0.29, 0.717) is 5.56 Å². The maximum absolute atomic E-state index is 10.1. The Morgan fingerprint density at radius 2 is 1.80 bits per heavy atom. The molecule has 114 valence electrons. The minimum Gasteiger partial charge on any atom is -0.378 e. The van der Waals surface area contributed by atoms with Gasteiger partial charge in [-0.25, -0.2) is 0 Å². The van der Waals surface area contributed by atoms with Crippen molar-refractivity contribution >= 4 is 15.9 Å². The molecule has 2 unspecified atom stereocenters. The zero-order valence-electron chi connectivity index (χ0n) is 12.6. The zero-order chi connectivity index (χ0) is 15.5. The van der Waals surface area contributed by atoms with Gasteiger partial charge in [-0.2, -0.15) is 0 Å². The highest BCUT2D eigenvalue weighted by Crippen LogP contribution is 2.29. The summed E-state index contributed by atoms with van der Waals surface area (Å²) in [5, 5.41) is 23.2. The Morgan fingerprint density at radius 1 is 1.20 bits per heavy atom. The van der Waals surface area contributed by atoms with Gasteiger partial charge in [0.05, 0.1) is 0 Å². The molecule has 0 saturated heterocycles. The second-order valence-electron chi connectivity index (χ2n) is 6.02. The van der Waals surface area contributed by atoms with Gasteiger partial charge in [0.25, 0.3) is 0 Å². The van der Waals surface area contributed by atoms with Crippen molar-refractivity contribution in [2.45, 2.75) is 46.3 Å². The second kappa shape index (κ2) is 7.00. The summed E-state index contributed by atoms with van der Waals surface area (Å²) in [6.45, 7) is 7.84. The fraction of sp³-hybridized carbons (Fsp3) is 0.600. The lowest BCUT2D eigenvalue weighted by molar-refractivity contribution is -0.0780. The molecule has 4 nitrogen and oxygen atoms in total. The van der Waals surface area contributed by atoms with E-state index in [1.54, 1.807) is 0 Å². The molecule has 5 heteroatoms. The third-order valence-electron chi connectivity index (χ3n) is 3.23. The molecule has 0 saturated carbocycles. The number of hydrogen-bond donors (Lipinski definition) is 3. The Balaban J connectivity index is 3.01. The number of aliphatic hydroxyl groups excluding tert-OH is 2. The number of halogens is 1. The number of methoxy groups -OCH3 is 1. The van der Waals surface area contributed by atoms with Gasteiger partial charge in [-0.1, -0.05) is 42.8 Å². The number of aliphatic hydroxyl groups is 2. The average molecular weight is 346 g/mol. The Morgan fingerprint density at radius 3 is 2.30 bits per heavy atom. The monoisotopic (exact) mass is 345 g/mol. The fourth-order valence-corrected chi connectivity index (χ4v) is 2.24. The van der Waals surface area contributed by atoms with Gasteiger partial charge in [0.15, 0.2) is 6.29 Å². The first-order valence-electron chi connectivity index (χ1n) is 6.61. The van der Waals surface area contributed by atoms with Gasteiger partial charge in [0, 0.05) is 28.6 Å². The van der Waals surface area contributed by atoms with Crippen LogP contribution in [0.3, 0.4) is 0 Å². The lowest BCUT2D eigenvalue weighted by Crippen LogP contribution is -2.41. The molecule has 3 N–H and O–H groups in total. The predicted molar refractivity (Wildman–Crippen MR) is 83.1 cm³/mol. The van der Waals surface area contributed by atoms with Crippen LogP contribution in [-0.2, 0) is 4.74 Å². The van der Waals surface area contributed by atoms with Crippen molar-refractivity contribution < 1.29 is 14.9 Å². The standard InChI is InChI=1S/C15H24BrNO3/c1-9(17-14(19)15(2,3)4)11-7-6-10(16)8-12(11)13(18)20-5/h6-9,13-14,17-19H,1-5H3/t9-,13?,14?/m1/s1. The van der Waals surface area contributed by atoms with Crippen LogP contribution in [0.15, 0.2) is 22.7 Å². The van der Waals surface area contributed by atoms with Crippen molar-refractivity contribution in [1.82, 2.24) is 5.32 Å². The molecule has 0 spiro atoms. The molecular weight excluding hydrogens is 322 g/mol. The zero-order valence-corrected chi connectivity index (χ0v) is 14.2. The van der Waals surface area contributed by atoms with Crippen molar-refractivity contribution in [2.24, 2.45) is 5.41 Å². The maximum Gasteiger partial charge on any atom is 0.181 e. The quantitative estimate of drug-likeness (QED) is 0.717. The van der Waals surface area contributed by atoms with Gasteiger partial charge in [-0.3, -0.25) is 5.32 Å². The van der Waals surface area contributed by atoms with Crippen LogP contribution in [0.4, 0.5) is 0 Å². The molecule has 0 aliphatic rings. The van der Waals surface area contributed by atoms with E-state index in [2.05, 4.69) is 21.2 Å². The molecule has 0 aliphatic carbocycles. The molecule has 0 fully saturated rings. The second-order valence-corrected chi connectivity index (χ2v) is 6.93. The number of benzene rings is 1. The molecular formula is C15H24BrNO3. The first kappa shape index (κ1) is 17.6. The van der Waals surface area contributed by atoms with Crippen LogP contribution in [0.2, 0.25) is 0 Å². The summed E-state index contributed by atoms with van der Waals surface area (Å²) >= 11 is 3.39. The molecule has 0 amide bonds. The normalized spacial score (nSPS) is 16.8. The highest BCUT2D eigenvalue weighted by Gasteiger charge is 2.25. The van der Waals surface area contributed by atoms with Gasteiger partial charge in [0.2, 0.25) is 0 Å². The van der Waals surface area contributed by atoms with Crippen molar-refractivity contribution in [2.75, 3.05) is 7.11 Å². The van der Waals surface area contributed by atoms with Crippen molar-refractivity contribution in [3.63, 3.8) is 0 Å². The van der Waals surface area contributed by atoms with Crippen molar-refractivity contribution in [1.29, 1.82) is 0 Å². The summed E-state index contributed by atoms with van der Waals surface area (Å²) in [6, 6.07) is 5.53. The molecule has 0 bridgehead atoms. The summed E-state index contributed by atoms with van der Waals surface area (Å²) in [5.41, 5.74) is 1.32. The van der Waals surface area contributed by atoms with E-state index in [1.165, 1.54) is 7.11 Å². The predicted octanol–water partition coefficient (Wildman–Crippen LogP) is 3.10. The molecule has 3 atom stereocenters. The largest absolute Gasteiger partial charge is 0.378 e. The van der Waals surface area contributed by atoms with Crippen molar-refractivity contribution in [3.8, 4) is 0 Å². The van der Waals surface area contributed by atoms with Gasteiger partial charge >= 0.3 is 0 Å². The van der Waals surface area contributed by atoms with Crippen LogP contribution < -0.4 is 5.32 Å². The van der Waals surface area contributed by atoms with Crippen LogP contribution in [0, 0.1) is 5.41 Å². The van der Waals surface area contributed by atoms with Crippen LogP contribution in [0.5, 0.6) is 0 Å². The van der Waals surface area contributed by atoms with E-state index in [-0.39, 0.29) is 11.5 Å². The van der Waals surface area contributed by atoms with Gasteiger partial charge < -0.3 is 14.9 Å². The smallest absolute Gasteiger partial charge is 0.181 e. The van der Waals surface area contributed by atoms with Gasteiger partial charge in [-0.15, -0.1) is 0 Å². The Kier molecular flexibility index (Phi) is 6.16. The Labute approximate surface area is 129 Å². The third kappa shape index (κ3) is 4.53. The van der Waals surface area contributed by atoms with Crippen LogP contribution in [0.25, 0.3) is 0 Å². The fourth-order valence-electron chi connectivity index (χ4n) is 1.86. The first-order valence-corrected chi connectivity index (χ1v) is 7.40. The number of ether oxygens (including phenoxy) is 1. The van der Waals surface area contributed by atoms with Crippen LogP contribution in [-0.4, -0.2) is 23.6 Å². The Hall–Kier alpha value is -0.460. The van der Waals surface area contributed by atoms with E-state index in [0.717, 1.165) is 10.0 Å². The van der Waals surface area contributed by atoms with Crippen LogP contribution in [0.1, 0.15) is 51.2 Å². The summed E-state index contributed by atoms with van der Waals surface area (Å²) in [6.07, 6.45) is -1.63. The molecule has 0 radical (unpaired) electrons. The molecule has 20 heavy (non-hydrogen) atoms. The van der Waals surface area contributed by atoms with E-state index < -0.39 is 12.5 Å². The summed E-state index contributed by atoms with van der Waals surface area (Å²) < 4.78 is 5.87. The third-order valence-corrected chi connectivity index (χ3v) is 3.73. The summed E-state index contributed by atoms with van der Waals surface area (Å²) in [7, 11) is 1.46. The minimum atomic E-state index is -0.987. The summed E-state index contributed by atoms with van der Waals surface area (Å²) in [5.74, 6) is 0. The van der Waals surface area contributed by atoms with E-state index in [9.17, 15) is 10.2 Å². The average Bonchev–Trinajstić information content (AvgIpc) is 2.36. The number of nitrogens with one attached hydrogen (secondary N) is 1. The molecule has 1 rings (SSSR count). The lowest BCUT2D eigenvalue weighted by Gasteiger charge is -2.30. The number of hydrogen-bond acceptors (Lipinski definition) is 4. The molecule has 0 aromatic heterocycles. The molecule has 0 heterocycles. The lowest BCUT2D eigenvalue weighted by atomic mass is 9.92. The topological polar surface area (TPSA) is 61.7 Å². The SMILES string of the molecule is COC(O)c1cc(Br)ccc1[C@@H](C)NC(O)C(C)(C)C. The molecule has 1 aromatic carbocycles. The molecule has 1 aromatic rings. The van der Waals surface area contributed by atoms with Gasteiger partial charge in [-0.05, 0) is 24.6 Å². The van der Waals surface area contributed by atoms with Gasteiger partial charge in [0.1, 0.15) is 6.23 Å². The van der Waals surface area contributed by atoms with Crippen molar-refractivity contribution in [3.05, 3.63) is 33.8 Å². The van der Waals surface area contributed by atoms with Crippen LogP contribution >= 0.6 is 15.9 Å². The first-order chi connectivity index (χ1) is 9.16. The maximum atomic E-state index is 10.1. The highest BCUT2D eigenvalue weighted by molar-refractivity contribution is 9.10. The highest BCUT2D eigenvalue weighted by atomic mass is 79.9. The Bertz CT molecular complexity index is 445. The van der Waals surface area contributed by atoms with E-state index >= 15 is 0 Å². The number of rotatable bonds is 5. The van der Waals surface area contributed by atoms with E-state index in [1.807, 2.05) is 45.9 Å².